The Morgan fingerprint density at radius 3 is 2.39 bits per heavy atom. The van der Waals surface area contributed by atoms with Crippen molar-refractivity contribution < 1.29 is 38.2 Å². The van der Waals surface area contributed by atoms with Crippen molar-refractivity contribution in [1.29, 1.82) is 0 Å². The van der Waals surface area contributed by atoms with Gasteiger partial charge in [0, 0.05) is 21.2 Å². The van der Waals surface area contributed by atoms with E-state index < -0.39 is 26.3 Å². The van der Waals surface area contributed by atoms with Crippen LogP contribution < -0.4 is 9.47 Å². The normalized spacial score (nSPS) is 19.5. The van der Waals surface area contributed by atoms with E-state index in [1.165, 1.54) is 11.1 Å². The highest BCUT2D eigenvalue weighted by Gasteiger charge is 2.58. The fourth-order valence-corrected chi connectivity index (χ4v) is 5.55. The molecule has 2 aromatic rings. The molecular formula is C30H38N2O8Si. The van der Waals surface area contributed by atoms with E-state index in [1.807, 2.05) is 42.5 Å². The summed E-state index contributed by atoms with van der Waals surface area (Å²) in [6.45, 7) is 7.65. The third kappa shape index (κ3) is 7.75. The van der Waals surface area contributed by atoms with E-state index in [9.17, 15) is 14.4 Å². The molecular weight excluding hydrogens is 544 g/mol. The molecule has 2 aliphatic heterocycles. The van der Waals surface area contributed by atoms with Crippen LogP contribution in [0, 0.1) is 0 Å². The standard InChI is InChI=1S/C30H38N2O8Si/c1-36-25-12-11-22(15-26(25)37-2)17-31-27-23(16-24(33)20-38-13-14-41(3,4)5)18-32(28(27)29(31)34)40-30(35)39-19-21-9-7-6-8-10-21/h6-12,15-16,27-28H,13-14,17-20H2,1-5H3/b23-16-/t27-,28+/m1/s1. The van der Waals surface area contributed by atoms with Gasteiger partial charge in [0.15, 0.2) is 17.3 Å². The van der Waals surface area contributed by atoms with Gasteiger partial charge >= 0.3 is 6.16 Å². The topological polar surface area (TPSA) is 104 Å². The second-order valence-corrected chi connectivity index (χ2v) is 16.9. The Kier molecular flexibility index (Phi) is 9.84. The van der Waals surface area contributed by atoms with Crippen LogP contribution in [0.2, 0.25) is 25.7 Å². The number of hydrogen-bond acceptors (Lipinski definition) is 9. The molecule has 0 spiro atoms. The Morgan fingerprint density at radius 2 is 1.71 bits per heavy atom. The van der Waals surface area contributed by atoms with Crippen LogP contribution in [0.15, 0.2) is 60.2 Å². The molecule has 0 bridgehead atoms. The van der Waals surface area contributed by atoms with Gasteiger partial charge in [0.25, 0.3) is 0 Å². The molecule has 2 aliphatic rings. The minimum absolute atomic E-state index is 0.0386. The van der Waals surface area contributed by atoms with Gasteiger partial charge in [-0.2, -0.15) is 0 Å². The van der Waals surface area contributed by atoms with Gasteiger partial charge in [0.2, 0.25) is 5.91 Å². The Labute approximate surface area is 241 Å². The second-order valence-electron chi connectivity index (χ2n) is 11.3. The molecule has 1 amide bonds. The number of hydrogen-bond donors (Lipinski definition) is 0. The molecule has 2 saturated heterocycles. The average molecular weight is 583 g/mol. The fourth-order valence-electron chi connectivity index (χ4n) is 4.80. The number of benzene rings is 2. The van der Waals surface area contributed by atoms with E-state index in [4.69, 9.17) is 23.8 Å². The number of carbonyl (C=O) groups excluding carboxylic acids is 3. The van der Waals surface area contributed by atoms with Gasteiger partial charge in [-0.05, 0) is 41.0 Å². The van der Waals surface area contributed by atoms with Crippen LogP contribution in [0.25, 0.3) is 0 Å². The molecule has 41 heavy (non-hydrogen) atoms. The molecule has 0 aliphatic carbocycles. The summed E-state index contributed by atoms with van der Waals surface area (Å²) in [6.07, 6.45) is 0.597. The van der Waals surface area contributed by atoms with Crippen molar-refractivity contribution in [2.75, 3.05) is 34.0 Å². The number of amides is 1. The first kappa shape index (κ1) is 30.3. The predicted octanol–water partition coefficient (Wildman–Crippen LogP) is 4.22. The van der Waals surface area contributed by atoms with E-state index in [0.717, 1.165) is 17.2 Å². The molecule has 11 heteroatoms. The maximum atomic E-state index is 13.3. The Balaban J connectivity index is 1.46. The first-order valence-electron chi connectivity index (χ1n) is 13.6. The van der Waals surface area contributed by atoms with Crippen LogP contribution in [-0.2, 0) is 37.1 Å². The monoisotopic (exact) mass is 582 g/mol. The first-order valence-corrected chi connectivity index (χ1v) is 17.3. The molecule has 0 N–H and O–H groups in total. The number of methoxy groups -OCH3 is 2. The molecule has 220 valence electrons. The summed E-state index contributed by atoms with van der Waals surface area (Å²) in [5, 5.41) is 1.30. The van der Waals surface area contributed by atoms with Crippen LogP contribution in [0.3, 0.4) is 0 Å². The maximum Gasteiger partial charge on any atom is 0.528 e. The predicted molar refractivity (Wildman–Crippen MR) is 154 cm³/mol. The molecule has 0 saturated carbocycles. The highest BCUT2D eigenvalue weighted by molar-refractivity contribution is 6.76. The van der Waals surface area contributed by atoms with Crippen molar-refractivity contribution in [3.05, 3.63) is 71.3 Å². The number of hydroxylamine groups is 2. The van der Waals surface area contributed by atoms with Gasteiger partial charge in [0.05, 0.1) is 26.8 Å². The summed E-state index contributed by atoms with van der Waals surface area (Å²) in [7, 11) is 1.83. The smallest absolute Gasteiger partial charge is 0.493 e. The van der Waals surface area contributed by atoms with Crippen LogP contribution in [0.5, 0.6) is 11.5 Å². The second kappa shape index (κ2) is 13.3. The number of carbonyl (C=O) groups is 3. The largest absolute Gasteiger partial charge is 0.528 e. The van der Waals surface area contributed by atoms with Gasteiger partial charge in [-0.25, -0.2) is 4.79 Å². The number of rotatable bonds is 13. The van der Waals surface area contributed by atoms with E-state index >= 15 is 0 Å². The van der Waals surface area contributed by atoms with Gasteiger partial charge < -0.3 is 28.7 Å². The van der Waals surface area contributed by atoms with Crippen molar-refractivity contribution in [2.45, 2.75) is 50.9 Å². The van der Waals surface area contributed by atoms with Crippen LogP contribution in [0.4, 0.5) is 4.79 Å². The summed E-state index contributed by atoms with van der Waals surface area (Å²) in [5.41, 5.74) is 2.31. The number of likely N-dealkylation sites (tertiary alicyclic amines) is 1. The Hall–Kier alpha value is -3.67. The van der Waals surface area contributed by atoms with E-state index in [2.05, 4.69) is 19.6 Å². The highest BCUT2D eigenvalue weighted by Crippen LogP contribution is 2.39. The lowest BCUT2D eigenvalue weighted by atomic mass is 9.91. The minimum atomic E-state index is -1.28. The Bertz CT molecular complexity index is 1280. The molecule has 0 radical (unpaired) electrons. The highest BCUT2D eigenvalue weighted by atomic mass is 28.3. The quantitative estimate of drug-likeness (QED) is 0.113. The summed E-state index contributed by atoms with van der Waals surface area (Å²) in [6, 6.07) is 14.4. The number of nitrogens with zero attached hydrogens (tertiary/aromatic N) is 2. The zero-order valence-corrected chi connectivity index (χ0v) is 25.3. The SMILES string of the molecule is COc1ccc(CN2C(=O)[C@@H]3[C@H]2/C(=C\C(=O)COCC[Si](C)(C)C)CN3OC(=O)OCc2ccccc2)cc1OC. The number of ketones is 1. The summed E-state index contributed by atoms with van der Waals surface area (Å²) in [5.74, 6) is 0.712. The number of fused-ring (bicyclic) bond motifs is 1. The molecule has 2 fully saturated rings. The van der Waals surface area contributed by atoms with Gasteiger partial charge in [-0.15, -0.1) is 5.06 Å². The van der Waals surface area contributed by atoms with Crippen LogP contribution >= 0.6 is 0 Å². The van der Waals surface area contributed by atoms with Crippen LogP contribution in [-0.4, -0.2) is 81.9 Å². The van der Waals surface area contributed by atoms with Gasteiger partial charge in [-0.1, -0.05) is 56.0 Å². The molecule has 2 heterocycles. The van der Waals surface area contributed by atoms with Crippen molar-refractivity contribution in [2.24, 2.45) is 0 Å². The summed E-state index contributed by atoms with van der Waals surface area (Å²) >= 11 is 0. The number of ether oxygens (including phenoxy) is 4. The average Bonchev–Trinajstić information content (AvgIpc) is 3.25. The fraction of sp³-hybridized carbons (Fsp3) is 0.433. The van der Waals surface area contributed by atoms with E-state index in [0.29, 0.717) is 23.7 Å². The molecule has 0 aromatic heterocycles. The van der Waals surface area contributed by atoms with Crippen molar-refractivity contribution in [3.8, 4) is 11.5 Å². The summed E-state index contributed by atoms with van der Waals surface area (Å²) < 4.78 is 21.6. The lowest BCUT2D eigenvalue weighted by Crippen LogP contribution is -2.66. The molecule has 4 rings (SSSR count). The van der Waals surface area contributed by atoms with E-state index in [-0.39, 0.29) is 38.0 Å². The van der Waals surface area contributed by atoms with Crippen LogP contribution in [0.1, 0.15) is 11.1 Å². The van der Waals surface area contributed by atoms with Crippen molar-refractivity contribution in [3.63, 3.8) is 0 Å². The minimum Gasteiger partial charge on any atom is -0.493 e. The summed E-state index contributed by atoms with van der Waals surface area (Å²) in [4.78, 5) is 45.7. The van der Waals surface area contributed by atoms with Gasteiger partial charge in [-0.3, -0.25) is 9.59 Å². The molecule has 10 nitrogen and oxygen atoms in total. The molecule has 2 aromatic carbocycles. The molecule has 0 unspecified atom stereocenters. The van der Waals surface area contributed by atoms with Gasteiger partial charge in [0.1, 0.15) is 19.3 Å². The number of β-lactam (4-membered cyclic amide) rings is 1. The maximum absolute atomic E-state index is 13.3. The molecule has 2 atom stereocenters. The van der Waals surface area contributed by atoms with Crippen molar-refractivity contribution in [1.82, 2.24) is 9.96 Å². The lowest BCUT2D eigenvalue weighted by molar-refractivity contribution is -0.187. The first-order chi connectivity index (χ1) is 19.6. The zero-order valence-electron chi connectivity index (χ0n) is 24.3. The van der Waals surface area contributed by atoms with Crippen molar-refractivity contribution >= 4 is 25.9 Å². The lowest BCUT2D eigenvalue weighted by Gasteiger charge is -2.45. The third-order valence-electron chi connectivity index (χ3n) is 6.98. The third-order valence-corrected chi connectivity index (χ3v) is 8.68. The Morgan fingerprint density at radius 1 is 0.976 bits per heavy atom. The van der Waals surface area contributed by atoms with E-state index in [1.54, 1.807) is 25.2 Å². The zero-order chi connectivity index (χ0) is 29.6.